The summed E-state index contributed by atoms with van der Waals surface area (Å²) in [6.07, 6.45) is 8.20. The maximum Gasteiger partial charge on any atom is 0.0243 e. The molecule has 0 heteroatoms. The minimum atomic E-state index is 0.301. The topological polar surface area (TPSA) is 0 Å². The van der Waals surface area contributed by atoms with Gasteiger partial charge in [-0.1, -0.05) is 117 Å². The van der Waals surface area contributed by atoms with Crippen molar-refractivity contribution in [3.63, 3.8) is 0 Å². The molecule has 0 saturated carbocycles. The molecule has 4 rings (SSSR count). The van der Waals surface area contributed by atoms with Crippen LogP contribution in [0.3, 0.4) is 0 Å². The lowest BCUT2D eigenvalue weighted by atomic mass is 9.79. The Morgan fingerprint density at radius 1 is 0.793 bits per heavy atom. The summed E-state index contributed by atoms with van der Waals surface area (Å²) >= 11 is 0. The highest BCUT2D eigenvalue weighted by Crippen LogP contribution is 2.51. The zero-order valence-electron chi connectivity index (χ0n) is 17.5. The van der Waals surface area contributed by atoms with Crippen molar-refractivity contribution in [1.82, 2.24) is 0 Å². The van der Waals surface area contributed by atoms with Gasteiger partial charge in [-0.05, 0) is 46.2 Å². The lowest BCUT2D eigenvalue weighted by molar-refractivity contribution is 0.668. The average Bonchev–Trinajstić information content (AvgIpc) is 3.09. The SMILES string of the molecule is CCCC1C(C(/C=C/c2ccccc2)c2ccccc2)=C(CC)c2ccccc21. The second-order valence-electron chi connectivity index (χ2n) is 7.87. The van der Waals surface area contributed by atoms with Crippen molar-refractivity contribution in [2.24, 2.45) is 0 Å². The molecule has 29 heavy (non-hydrogen) atoms. The van der Waals surface area contributed by atoms with Gasteiger partial charge in [0, 0.05) is 11.8 Å². The van der Waals surface area contributed by atoms with Gasteiger partial charge in [-0.3, -0.25) is 0 Å². The first-order chi connectivity index (χ1) is 14.3. The molecule has 2 atom stereocenters. The van der Waals surface area contributed by atoms with Crippen molar-refractivity contribution in [2.45, 2.75) is 44.9 Å². The van der Waals surface area contributed by atoms with Crippen LogP contribution in [-0.2, 0) is 0 Å². The van der Waals surface area contributed by atoms with Gasteiger partial charge in [0.05, 0.1) is 0 Å². The average molecular weight is 379 g/mol. The van der Waals surface area contributed by atoms with Gasteiger partial charge in [0.15, 0.2) is 0 Å². The number of hydrogen-bond donors (Lipinski definition) is 0. The van der Waals surface area contributed by atoms with Gasteiger partial charge in [0.1, 0.15) is 0 Å². The third-order valence-electron chi connectivity index (χ3n) is 6.09. The molecule has 0 spiro atoms. The number of allylic oxidation sites excluding steroid dienone is 3. The first-order valence-electron chi connectivity index (χ1n) is 10.9. The normalized spacial score (nSPS) is 17.0. The molecule has 3 aromatic rings. The Labute approximate surface area is 175 Å². The maximum atomic E-state index is 2.42. The molecule has 0 amide bonds. The number of hydrogen-bond acceptors (Lipinski definition) is 0. The van der Waals surface area contributed by atoms with Gasteiger partial charge in [-0.2, -0.15) is 0 Å². The van der Waals surface area contributed by atoms with Crippen LogP contribution in [0.15, 0.2) is 96.6 Å². The van der Waals surface area contributed by atoms with E-state index in [2.05, 4.69) is 111 Å². The van der Waals surface area contributed by atoms with Crippen LogP contribution in [0.1, 0.15) is 67.2 Å². The van der Waals surface area contributed by atoms with Gasteiger partial charge < -0.3 is 0 Å². The van der Waals surface area contributed by atoms with Crippen molar-refractivity contribution >= 4 is 11.6 Å². The van der Waals surface area contributed by atoms with Crippen LogP contribution in [0.2, 0.25) is 0 Å². The minimum absolute atomic E-state index is 0.301. The zero-order chi connectivity index (χ0) is 20.1. The van der Waals surface area contributed by atoms with Crippen LogP contribution >= 0.6 is 0 Å². The molecule has 3 aromatic carbocycles. The molecule has 0 nitrogen and oxygen atoms in total. The van der Waals surface area contributed by atoms with Gasteiger partial charge in [0.2, 0.25) is 0 Å². The van der Waals surface area contributed by atoms with Crippen LogP contribution in [0, 0.1) is 0 Å². The standard InChI is InChI=1S/C29H30/c1-3-13-28-27-19-12-11-18-26(27)24(4-2)29(28)25(23-16-9-6-10-17-23)21-20-22-14-7-5-8-15-22/h5-12,14-21,25,28H,3-4,13H2,1-2H3/b21-20+. The summed E-state index contributed by atoms with van der Waals surface area (Å²) in [4.78, 5) is 0. The van der Waals surface area contributed by atoms with Crippen molar-refractivity contribution in [3.8, 4) is 0 Å². The van der Waals surface area contributed by atoms with Crippen LogP contribution < -0.4 is 0 Å². The predicted molar refractivity (Wildman–Crippen MR) is 126 cm³/mol. The van der Waals surface area contributed by atoms with Crippen LogP contribution in [-0.4, -0.2) is 0 Å². The fraction of sp³-hybridized carbons (Fsp3) is 0.241. The highest BCUT2D eigenvalue weighted by molar-refractivity contribution is 5.80. The summed E-state index contributed by atoms with van der Waals surface area (Å²) in [6.45, 7) is 4.62. The van der Waals surface area contributed by atoms with Crippen LogP contribution in [0.25, 0.3) is 11.6 Å². The molecule has 0 N–H and O–H groups in total. The fourth-order valence-electron chi connectivity index (χ4n) is 4.83. The molecule has 0 aliphatic heterocycles. The Balaban J connectivity index is 1.85. The minimum Gasteiger partial charge on any atom is -0.0723 e. The highest BCUT2D eigenvalue weighted by Gasteiger charge is 2.33. The van der Waals surface area contributed by atoms with Gasteiger partial charge in [-0.25, -0.2) is 0 Å². The molecule has 1 aliphatic carbocycles. The van der Waals surface area contributed by atoms with Crippen molar-refractivity contribution in [1.29, 1.82) is 0 Å². The Hall–Kier alpha value is -2.86. The van der Waals surface area contributed by atoms with Crippen molar-refractivity contribution < 1.29 is 0 Å². The number of rotatable bonds is 7. The van der Waals surface area contributed by atoms with E-state index in [0.717, 1.165) is 6.42 Å². The summed E-state index contributed by atoms with van der Waals surface area (Å²) in [7, 11) is 0. The summed E-state index contributed by atoms with van der Waals surface area (Å²) in [5, 5.41) is 0. The fourth-order valence-corrected chi connectivity index (χ4v) is 4.83. The zero-order valence-corrected chi connectivity index (χ0v) is 17.5. The molecule has 2 unspecified atom stereocenters. The van der Waals surface area contributed by atoms with Crippen molar-refractivity contribution in [3.05, 3.63) is 119 Å². The van der Waals surface area contributed by atoms with E-state index in [0.29, 0.717) is 11.8 Å². The van der Waals surface area contributed by atoms with Crippen LogP contribution in [0.5, 0.6) is 0 Å². The monoisotopic (exact) mass is 378 g/mol. The summed E-state index contributed by atoms with van der Waals surface area (Å²) in [6, 6.07) is 30.8. The largest absolute Gasteiger partial charge is 0.0723 e. The van der Waals surface area contributed by atoms with Gasteiger partial charge in [-0.15, -0.1) is 0 Å². The molecular formula is C29H30. The van der Waals surface area contributed by atoms with Gasteiger partial charge in [0.25, 0.3) is 0 Å². The third-order valence-corrected chi connectivity index (χ3v) is 6.09. The maximum absolute atomic E-state index is 2.42. The molecule has 0 aromatic heterocycles. The van der Waals surface area contributed by atoms with E-state index in [1.54, 1.807) is 11.1 Å². The van der Waals surface area contributed by atoms with E-state index in [1.165, 1.54) is 35.1 Å². The highest BCUT2D eigenvalue weighted by atomic mass is 14.4. The van der Waals surface area contributed by atoms with Crippen LogP contribution in [0.4, 0.5) is 0 Å². The predicted octanol–water partition coefficient (Wildman–Crippen LogP) is 8.24. The second kappa shape index (κ2) is 9.09. The molecular weight excluding hydrogens is 348 g/mol. The lowest BCUT2D eigenvalue weighted by Crippen LogP contribution is -2.07. The molecule has 0 bridgehead atoms. The molecule has 0 radical (unpaired) electrons. The van der Waals surface area contributed by atoms with E-state index in [4.69, 9.17) is 0 Å². The summed E-state index contributed by atoms with van der Waals surface area (Å²) in [5.74, 6) is 0.812. The van der Waals surface area contributed by atoms with Gasteiger partial charge >= 0.3 is 0 Å². The van der Waals surface area contributed by atoms with E-state index in [9.17, 15) is 0 Å². The van der Waals surface area contributed by atoms with Crippen molar-refractivity contribution in [2.75, 3.05) is 0 Å². The Morgan fingerprint density at radius 3 is 2.14 bits per heavy atom. The first-order valence-corrected chi connectivity index (χ1v) is 10.9. The molecule has 1 aliphatic rings. The number of fused-ring (bicyclic) bond motifs is 1. The summed E-state index contributed by atoms with van der Waals surface area (Å²) in [5.41, 5.74) is 8.79. The quantitative estimate of drug-likeness (QED) is 0.388. The second-order valence-corrected chi connectivity index (χ2v) is 7.87. The van der Waals surface area contributed by atoms with E-state index in [-0.39, 0.29) is 0 Å². The Kier molecular flexibility index (Phi) is 6.10. The first kappa shape index (κ1) is 19.5. The molecule has 0 fully saturated rings. The Bertz CT molecular complexity index is 992. The van der Waals surface area contributed by atoms with E-state index >= 15 is 0 Å². The summed E-state index contributed by atoms with van der Waals surface area (Å²) < 4.78 is 0. The Morgan fingerprint density at radius 2 is 1.45 bits per heavy atom. The third kappa shape index (κ3) is 3.98. The smallest absolute Gasteiger partial charge is 0.0243 e. The number of benzene rings is 3. The molecule has 146 valence electrons. The lowest BCUT2D eigenvalue weighted by Gasteiger charge is -2.24. The molecule has 0 saturated heterocycles. The van der Waals surface area contributed by atoms with E-state index in [1.807, 2.05) is 0 Å². The van der Waals surface area contributed by atoms with E-state index < -0.39 is 0 Å². The molecule has 0 heterocycles.